The van der Waals surface area contributed by atoms with Gasteiger partial charge in [0.25, 0.3) is 5.91 Å². The molecule has 20 heavy (non-hydrogen) atoms. The van der Waals surface area contributed by atoms with Crippen LogP contribution in [0.25, 0.3) is 0 Å². The Labute approximate surface area is 131 Å². The van der Waals surface area contributed by atoms with E-state index in [9.17, 15) is 4.79 Å². The summed E-state index contributed by atoms with van der Waals surface area (Å²) in [6.45, 7) is 1.93. The number of carbonyl (C=O) groups is 1. The molecule has 2 aromatic carbocycles. The van der Waals surface area contributed by atoms with Gasteiger partial charge in [0.05, 0.1) is 22.0 Å². The molecule has 3 nitrogen and oxygen atoms in total. The molecule has 0 aliphatic rings. The summed E-state index contributed by atoms with van der Waals surface area (Å²) in [6.07, 6.45) is 0. The molecule has 5 heteroatoms. The van der Waals surface area contributed by atoms with Crippen LogP contribution in [0.4, 0.5) is 11.4 Å². The Balaban J connectivity index is 2.37. The van der Waals surface area contributed by atoms with Crippen LogP contribution >= 0.6 is 27.5 Å². The van der Waals surface area contributed by atoms with E-state index in [4.69, 9.17) is 17.3 Å². The fourth-order valence-corrected chi connectivity index (χ4v) is 2.61. The fourth-order valence-electron chi connectivity index (χ4n) is 1.91. The summed E-state index contributed by atoms with van der Waals surface area (Å²) in [6, 6.07) is 10.7. The first kappa shape index (κ1) is 14.9. The zero-order valence-corrected chi connectivity index (χ0v) is 13.5. The third-order valence-corrected chi connectivity index (χ3v) is 3.82. The van der Waals surface area contributed by atoms with E-state index in [-0.39, 0.29) is 5.91 Å². The molecule has 2 N–H and O–H groups in total. The highest BCUT2D eigenvalue weighted by Gasteiger charge is 2.18. The van der Waals surface area contributed by atoms with Crippen molar-refractivity contribution in [2.75, 3.05) is 17.7 Å². The molecule has 0 bridgehead atoms. The van der Waals surface area contributed by atoms with Crippen molar-refractivity contribution in [3.63, 3.8) is 0 Å². The van der Waals surface area contributed by atoms with E-state index in [0.717, 1.165) is 10.0 Å². The van der Waals surface area contributed by atoms with E-state index in [2.05, 4.69) is 15.9 Å². The number of nitrogens with zero attached hydrogens (tertiary/aromatic N) is 1. The van der Waals surface area contributed by atoms with Crippen molar-refractivity contribution in [3.8, 4) is 0 Å². The van der Waals surface area contributed by atoms with Gasteiger partial charge in [0.1, 0.15) is 0 Å². The third kappa shape index (κ3) is 2.97. The lowest BCUT2D eigenvalue weighted by Crippen LogP contribution is -2.27. The molecule has 0 aromatic heterocycles. The van der Waals surface area contributed by atoms with Crippen molar-refractivity contribution in [2.45, 2.75) is 6.92 Å². The normalized spacial score (nSPS) is 10.4. The Morgan fingerprint density at radius 1 is 1.25 bits per heavy atom. The summed E-state index contributed by atoms with van der Waals surface area (Å²) >= 11 is 9.48. The van der Waals surface area contributed by atoms with Gasteiger partial charge < -0.3 is 10.6 Å². The minimum atomic E-state index is -0.191. The predicted molar refractivity (Wildman–Crippen MR) is 87.5 cm³/mol. The second-order valence-corrected chi connectivity index (χ2v) is 5.87. The summed E-state index contributed by atoms with van der Waals surface area (Å²) in [5, 5.41) is 0.442. The number of nitrogens with two attached hydrogens (primary N) is 1. The van der Waals surface area contributed by atoms with E-state index < -0.39 is 0 Å². The Bertz CT molecular complexity index is 673. The molecule has 0 atom stereocenters. The van der Waals surface area contributed by atoms with Gasteiger partial charge in [-0.1, -0.05) is 33.6 Å². The summed E-state index contributed by atoms with van der Waals surface area (Å²) in [5.74, 6) is -0.191. The Hall–Kier alpha value is -1.52. The van der Waals surface area contributed by atoms with Gasteiger partial charge in [0, 0.05) is 11.5 Å². The topological polar surface area (TPSA) is 46.3 Å². The standard InChI is InChI=1S/C15H14BrClN2O/c1-9-3-5-11(12(17)7-9)15(20)19(2)14-6-4-10(16)8-13(14)18/h3-8H,18H2,1-2H3. The molecule has 0 radical (unpaired) electrons. The molecule has 0 aliphatic carbocycles. The number of benzene rings is 2. The fraction of sp³-hybridized carbons (Fsp3) is 0.133. The molecule has 0 saturated carbocycles. The van der Waals surface area contributed by atoms with Crippen molar-refractivity contribution >= 4 is 44.8 Å². The first-order chi connectivity index (χ1) is 9.40. The Kier molecular flexibility index (Phi) is 4.35. The number of hydrogen-bond acceptors (Lipinski definition) is 2. The predicted octanol–water partition coefficient (Wildman–Crippen LogP) is 4.27. The summed E-state index contributed by atoms with van der Waals surface area (Å²) in [7, 11) is 1.68. The number of amides is 1. The maximum atomic E-state index is 12.5. The maximum absolute atomic E-state index is 12.5. The van der Waals surface area contributed by atoms with Crippen LogP contribution in [0, 0.1) is 6.92 Å². The van der Waals surface area contributed by atoms with Gasteiger partial charge in [-0.3, -0.25) is 4.79 Å². The minimum absolute atomic E-state index is 0.191. The van der Waals surface area contributed by atoms with Crippen molar-refractivity contribution < 1.29 is 4.79 Å². The van der Waals surface area contributed by atoms with Crippen molar-refractivity contribution in [1.29, 1.82) is 0 Å². The van der Waals surface area contributed by atoms with Gasteiger partial charge in [0.15, 0.2) is 0 Å². The number of aryl methyl sites for hydroxylation is 1. The van der Waals surface area contributed by atoms with Gasteiger partial charge >= 0.3 is 0 Å². The number of nitrogen functional groups attached to an aromatic ring is 1. The molecule has 0 heterocycles. The van der Waals surface area contributed by atoms with E-state index in [1.807, 2.05) is 19.1 Å². The van der Waals surface area contributed by atoms with Gasteiger partial charge in [-0.15, -0.1) is 0 Å². The first-order valence-corrected chi connectivity index (χ1v) is 7.16. The summed E-state index contributed by atoms with van der Waals surface area (Å²) in [5.41, 5.74) is 8.59. The van der Waals surface area contributed by atoms with Crippen LogP contribution in [0.15, 0.2) is 40.9 Å². The number of hydrogen-bond donors (Lipinski definition) is 1. The van der Waals surface area contributed by atoms with E-state index in [1.54, 1.807) is 31.3 Å². The SMILES string of the molecule is Cc1ccc(C(=O)N(C)c2ccc(Br)cc2N)c(Cl)c1. The highest BCUT2D eigenvalue weighted by atomic mass is 79.9. The molecule has 2 aromatic rings. The average molecular weight is 354 g/mol. The Morgan fingerprint density at radius 3 is 2.55 bits per heavy atom. The minimum Gasteiger partial charge on any atom is -0.397 e. The smallest absolute Gasteiger partial charge is 0.259 e. The zero-order chi connectivity index (χ0) is 14.9. The second kappa shape index (κ2) is 5.85. The Morgan fingerprint density at radius 2 is 1.95 bits per heavy atom. The molecule has 2 rings (SSSR count). The van der Waals surface area contributed by atoms with Crippen LogP contribution < -0.4 is 10.6 Å². The summed E-state index contributed by atoms with van der Waals surface area (Å²) < 4.78 is 0.868. The molecular weight excluding hydrogens is 340 g/mol. The first-order valence-electron chi connectivity index (χ1n) is 5.99. The molecular formula is C15H14BrClN2O. The van der Waals surface area contributed by atoms with Crippen molar-refractivity contribution in [2.24, 2.45) is 0 Å². The quantitative estimate of drug-likeness (QED) is 0.820. The molecule has 1 amide bonds. The lowest BCUT2D eigenvalue weighted by Gasteiger charge is -2.20. The highest BCUT2D eigenvalue weighted by molar-refractivity contribution is 9.10. The van der Waals surface area contributed by atoms with E-state index in [1.165, 1.54) is 4.90 Å². The number of anilines is 2. The van der Waals surface area contributed by atoms with E-state index >= 15 is 0 Å². The molecule has 0 fully saturated rings. The average Bonchev–Trinajstić information content (AvgIpc) is 2.37. The van der Waals surface area contributed by atoms with Crippen LogP contribution in [-0.2, 0) is 0 Å². The van der Waals surface area contributed by atoms with Crippen LogP contribution in [0.5, 0.6) is 0 Å². The zero-order valence-electron chi connectivity index (χ0n) is 11.2. The third-order valence-electron chi connectivity index (χ3n) is 3.01. The maximum Gasteiger partial charge on any atom is 0.259 e. The number of carbonyl (C=O) groups excluding carboxylic acids is 1. The van der Waals surface area contributed by atoms with E-state index in [0.29, 0.717) is 22.0 Å². The van der Waals surface area contributed by atoms with Crippen LogP contribution in [0.1, 0.15) is 15.9 Å². The number of halogens is 2. The van der Waals surface area contributed by atoms with Gasteiger partial charge in [-0.25, -0.2) is 0 Å². The lowest BCUT2D eigenvalue weighted by molar-refractivity contribution is 0.0993. The van der Waals surface area contributed by atoms with Gasteiger partial charge in [0.2, 0.25) is 0 Å². The highest BCUT2D eigenvalue weighted by Crippen LogP contribution is 2.28. The largest absolute Gasteiger partial charge is 0.397 e. The lowest BCUT2D eigenvalue weighted by atomic mass is 10.1. The second-order valence-electron chi connectivity index (χ2n) is 4.55. The van der Waals surface area contributed by atoms with Gasteiger partial charge in [-0.2, -0.15) is 0 Å². The van der Waals surface area contributed by atoms with Crippen LogP contribution in [0.3, 0.4) is 0 Å². The molecule has 0 saturated heterocycles. The molecule has 104 valence electrons. The van der Waals surface area contributed by atoms with Crippen molar-refractivity contribution in [3.05, 3.63) is 57.0 Å². The van der Waals surface area contributed by atoms with Crippen LogP contribution in [-0.4, -0.2) is 13.0 Å². The summed E-state index contributed by atoms with van der Waals surface area (Å²) in [4.78, 5) is 14.0. The number of rotatable bonds is 2. The molecule has 0 unspecified atom stereocenters. The van der Waals surface area contributed by atoms with Gasteiger partial charge in [-0.05, 0) is 42.8 Å². The molecule has 0 aliphatic heterocycles. The van der Waals surface area contributed by atoms with Crippen molar-refractivity contribution in [1.82, 2.24) is 0 Å². The molecule has 0 spiro atoms. The van der Waals surface area contributed by atoms with Crippen LogP contribution in [0.2, 0.25) is 5.02 Å². The monoisotopic (exact) mass is 352 g/mol.